The maximum Gasteiger partial charge on any atom is 0.255 e. The molecule has 10 nitrogen and oxygen atoms in total. The van der Waals surface area contributed by atoms with Crippen LogP contribution >= 0.6 is 0 Å². The van der Waals surface area contributed by atoms with Crippen LogP contribution in [0.1, 0.15) is 54.1 Å². The van der Waals surface area contributed by atoms with Gasteiger partial charge in [-0.2, -0.15) is 0 Å². The first-order chi connectivity index (χ1) is 19.4. The van der Waals surface area contributed by atoms with E-state index in [2.05, 4.69) is 21.6 Å². The number of carbonyl (C=O) groups is 4. The molecule has 1 unspecified atom stereocenters. The van der Waals surface area contributed by atoms with Crippen LogP contribution in [-0.4, -0.2) is 78.9 Å². The second kappa shape index (κ2) is 12.6. The van der Waals surface area contributed by atoms with E-state index in [-0.39, 0.29) is 30.6 Å². The zero-order valence-electron chi connectivity index (χ0n) is 22.9. The molecule has 1 aromatic carbocycles. The van der Waals surface area contributed by atoms with Crippen LogP contribution in [0.15, 0.2) is 53.3 Å². The smallest absolute Gasteiger partial charge is 0.255 e. The highest BCUT2D eigenvalue weighted by atomic mass is 16.5. The Labute approximate surface area is 234 Å². The third-order valence-electron chi connectivity index (χ3n) is 7.71. The van der Waals surface area contributed by atoms with Gasteiger partial charge in [0.2, 0.25) is 17.7 Å². The van der Waals surface area contributed by atoms with E-state index in [4.69, 9.17) is 9.47 Å². The van der Waals surface area contributed by atoms with Crippen LogP contribution in [0.25, 0.3) is 0 Å². The van der Waals surface area contributed by atoms with E-state index in [1.54, 1.807) is 6.07 Å². The highest BCUT2D eigenvalue weighted by Gasteiger charge is 2.39. The van der Waals surface area contributed by atoms with Crippen molar-refractivity contribution in [2.45, 2.75) is 51.7 Å². The van der Waals surface area contributed by atoms with Crippen molar-refractivity contribution in [1.82, 2.24) is 20.4 Å². The summed E-state index contributed by atoms with van der Waals surface area (Å²) in [7, 11) is 0. The summed E-state index contributed by atoms with van der Waals surface area (Å²) < 4.78 is 11.5. The van der Waals surface area contributed by atoms with Crippen molar-refractivity contribution in [3.8, 4) is 0 Å². The summed E-state index contributed by atoms with van der Waals surface area (Å²) in [6, 6.07) is 4.83. The number of ether oxygens (including phenoxy) is 2. The Morgan fingerprint density at radius 1 is 1.20 bits per heavy atom. The van der Waals surface area contributed by atoms with E-state index < -0.39 is 11.9 Å². The quantitative estimate of drug-likeness (QED) is 0.453. The highest BCUT2D eigenvalue weighted by molar-refractivity contribution is 6.05. The molecule has 2 saturated heterocycles. The minimum atomic E-state index is -0.645. The van der Waals surface area contributed by atoms with Gasteiger partial charge in [-0.1, -0.05) is 29.9 Å². The molecular formula is C30H36N4O6. The fourth-order valence-electron chi connectivity index (χ4n) is 5.42. The molecule has 1 aliphatic carbocycles. The topological polar surface area (TPSA) is 117 Å². The number of hydrogen-bond donors (Lipinski definition) is 2. The minimum Gasteiger partial charge on any atom is -0.492 e. The predicted molar refractivity (Wildman–Crippen MR) is 147 cm³/mol. The van der Waals surface area contributed by atoms with E-state index in [0.29, 0.717) is 38.1 Å². The van der Waals surface area contributed by atoms with Crippen LogP contribution in [0.4, 0.5) is 0 Å². The van der Waals surface area contributed by atoms with Crippen LogP contribution in [0, 0.1) is 0 Å². The number of benzene rings is 1. The maximum atomic E-state index is 12.9. The summed E-state index contributed by atoms with van der Waals surface area (Å²) in [6.45, 7) is 7.43. The zero-order chi connectivity index (χ0) is 28.1. The number of amides is 4. The van der Waals surface area contributed by atoms with Crippen molar-refractivity contribution in [2.75, 3.05) is 39.5 Å². The van der Waals surface area contributed by atoms with Gasteiger partial charge in [0.05, 0.1) is 13.2 Å². The lowest BCUT2D eigenvalue weighted by molar-refractivity contribution is -0.137. The highest BCUT2D eigenvalue weighted by Crippen LogP contribution is 2.28. The summed E-state index contributed by atoms with van der Waals surface area (Å²) in [4.78, 5) is 53.3. The molecule has 4 aliphatic rings. The number of rotatable bonds is 9. The number of hydrogen-bond acceptors (Lipinski definition) is 7. The largest absolute Gasteiger partial charge is 0.492 e. The molecule has 3 heterocycles. The fraction of sp³-hybridized carbons (Fsp3) is 0.467. The second-order valence-electron chi connectivity index (χ2n) is 10.6. The zero-order valence-corrected chi connectivity index (χ0v) is 22.9. The Morgan fingerprint density at radius 3 is 2.83 bits per heavy atom. The Morgan fingerprint density at radius 2 is 2.02 bits per heavy atom. The molecule has 5 rings (SSSR count). The van der Waals surface area contributed by atoms with E-state index in [1.165, 1.54) is 4.90 Å². The van der Waals surface area contributed by atoms with Gasteiger partial charge in [-0.3, -0.25) is 29.4 Å². The third kappa shape index (κ3) is 6.68. The van der Waals surface area contributed by atoms with E-state index in [9.17, 15) is 19.2 Å². The van der Waals surface area contributed by atoms with Crippen molar-refractivity contribution in [3.63, 3.8) is 0 Å². The Balaban J connectivity index is 1.13. The van der Waals surface area contributed by atoms with Crippen molar-refractivity contribution < 1.29 is 28.7 Å². The maximum absolute atomic E-state index is 12.9. The summed E-state index contributed by atoms with van der Waals surface area (Å²) in [5.41, 5.74) is 4.27. The summed E-state index contributed by atoms with van der Waals surface area (Å²) in [5, 5.41) is 5.31. The molecule has 0 aromatic heterocycles. The van der Waals surface area contributed by atoms with Crippen molar-refractivity contribution >= 4 is 23.6 Å². The molecule has 0 bridgehead atoms. The average molecular weight is 549 g/mol. The summed E-state index contributed by atoms with van der Waals surface area (Å²) >= 11 is 0. The molecule has 0 spiro atoms. The molecule has 1 atom stereocenters. The molecule has 10 heteroatoms. The lowest BCUT2D eigenvalue weighted by atomic mass is 10.0. The number of piperidine rings is 1. The molecule has 3 aliphatic heterocycles. The number of nitrogens with zero attached hydrogens (tertiary/aromatic N) is 2. The molecular weight excluding hydrogens is 512 g/mol. The summed E-state index contributed by atoms with van der Waals surface area (Å²) in [6.07, 6.45) is 7.57. The van der Waals surface area contributed by atoms with Crippen molar-refractivity contribution in [2.24, 2.45) is 0 Å². The van der Waals surface area contributed by atoms with Crippen LogP contribution in [0.2, 0.25) is 0 Å². The van der Waals surface area contributed by atoms with Gasteiger partial charge in [-0.05, 0) is 48.6 Å². The minimum absolute atomic E-state index is 0.0892. The first-order valence-electron chi connectivity index (χ1n) is 13.9. The van der Waals surface area contributed by atoms with Crippen molar-refractivity contribution in [1.29, 1.82) is 0 Å². The Kier molecular flexibility index (Phi) is 8.76. The number of nitrogens with one attached hydrogen (secondary N) is 2. The number of carbonyl (C=O) groups excluding carboxylic acids is 4. The monoisotopic (exact) mass is 548 g/mol. The van der Waals surface area contributed by atoms with E-state index >= 15 is 0 Å². The Bertz CT molecular complexity index is 1280. The number of morpholine rings is 1. The summed E-state index contributed by atoms with van der Waals surface area (Å²) in [5.74, 6) is -0.233. The SMILES string of the molecule is CC1=C(OCCN2CCOCC2)C=C(CC(=O)NCc2ccc3c(c2)CN(C2CCC(=O)NC2=O)C3=O)CC=C1. The van der Waals surface area contributed by atoms with Gasteiger partial charge in [0.25, 0.3) is 5.91 Å². The molecule has 2 N–H and O–H groups in total. The van der Waals surface area contributed by atoms with Crippen molar-refractivity contribution in [3.05, 3.63) is 70.0 Å². The molecule has 4 amide bonds. The Hall–Kier alpha value is -3.76. The number of imide groups is 1. The lowest BCUT2D eigenvalue weighted by Crippen LogP contribution is -2.52. The van der Waals surface area contributed by atoms with Gasteiger partial charge < -0.3 is 19.7 Å². The van der Waals surface area contributed by atoms with Gasteiger partial charge >= 0.3 is 0 Å². The molecule has 40 heavy (non-hydrogen) atoms. The van der Waals surface area contributed by atoms with Crippen LogP contribution < -0.4 is 10.6 Å². The van der Waals surface area contributed by atoms with Gasteiger partial charge in [-0.25, -0.2) is 0 Å². The normalized spacial score (nSPS) is 21.6. The van der Waals surface area contributed by atoms with E-state index in [1.807, 2.05) is 31.2 Å². The first kappa shape index (κ1) is 27.8. The number of fused-ring (bicyclic) bond motifs is 1. The van der Waals surface area contributed by atoms with Crippen LogP contribution in [0.3, 0.4) is 0 Å². The average Bonchev–Trinajstić information content (AvgIpc) is 3.16. The molecule has 0 radical (unpaired) electrons. The molecule has 0 saturated carbocycles. The predicted octanol–water partition coefficient (Wildman–Crippen LogP) is 1.96. The molecule has 212 valence electrons. The molecule has 2 fully saturated rings. The van der Waals surface area contributed by atoms with Gasteiger partial charge in [0.15, 0.2) is 0 Å². The standard InChI is InChI=1S/C30H36N4O6/c1-20-3-2-4-21(16-26(20)40-14-11-33-9-12-39-13-10-33)17-28(36)31-18-22-5-6-24-23(15-22)19-34(30(24)38)25-7-8-27(35)32-29(25)37/h2-3,5-6,15-16,25H,4,7-14,17-19H2,1H3,(H,31,36)(H,32,35,37). The van der Waals surface area contributed by atoms with Crippen LogP contribution in [0.5, 0.6) is 0 Å². The van der Waals surface area contributed by atoms with Crippen LogP contribution in [-0.2, 0) is 36.9 Å². The molecule has 1 aromatic rings. The first-order valence-corrected chi connectivity index (χ1v) is 13.9. The van der Waals surface area contributed by atoms with Gasteiger partial charge in [-0.15, -0.1) is 0 Å². The second-order valence-corrected chi connectivity index (χ2v) is 10.6. The number of allylic oxidation sites excluding steroid dienone is 4. The van der Waals surface area contributed by atoms with E-state index in [0.717, 1.165) is 60.9 Å². The lowest BCUT2D eigenvalue weighted by Gasteiger charge is -2.29. The third-order valence-corrected chi connectivity index (χ3v) is 7.71. The fourth-order valence-corrected chi connectivity index (χ4v) is 5.42. The van der Waals surface area contributed by atoms with Gasteiger partial charge in [0, 0.05) is 51.1 Å². The van der Waals surface area contributed by atoms with Gasteiger partial charge in [0.1, 0.15) is 18.4 Å².